The minimum atomic E-state index is -0.794. The fraction of sp³-hybridized carbons (Fsp3) is 0.400. The van der Waals surface area contributed by atoms with E-state index in [1.54, 1.807) is 26.2 Å². The molecule has 9 rings (SSSR count). The smallest absolute Gasteiger partial charge is 0.245 e. The second kappa shape index (κ2) is 16.7. The van der Waals surface area contributed by atoms with E-state index in [-0.39, 0.29) is 25.6 Å². The van der Waals surface area contributed by atoms with Gasteiger partial charge in [-0.05, 0) is 43.7 Å². The molecule has 0 aliphatic carbocycles. The van der Waals surface area contributed by atoms with E-state index >= 15 is 0 Å². The molecule has 2 fully saturated rings. The van der Waals surface area contributed by atoms with Gasteiger partial charge in [-0.2, -0.15) is 5.10 Å². The summed E-state index contributed by atoms with van der Waals surface area (Å²) < 4.78 is 62.7. The number of rotatable bonds is 5. The summed E-state index contributed by atoms with van der Waals surface area (Å²) in [5, 5.41) is 11.6. The molecule has 4 aromatic heterocycles. The van der Waals surface area contributed by atoms with Gasteiger partial charge in [0.25, 0.3) is 0 Å². The SMILES string of the molecule is COC[C@@H]1COCCN1.CO[C@H]1CN(C)C(=O)[C@@H]2C[C@@H](CN2c2ncnc3c2cnn3-c2ccc(F)cc2F)Nc2cccc(n2)-c2cc(F)cc3nc(C)n(c23)C1.[HH]. The molecular formula is C40H46F3N11O4. The summed E-state index contributed by atoms with van der Waals surface area (Å²) in [5.74, 6) is -0.395. The molecule has 4 bridgehead atoms. The number of nitrogens with one attached hydrogen (secondary N) is 2. The number of aromatic nitrogens is 7. The first-order chi connectivity index (χ1) is 28.1. The van der Waals surface area contributed by atoms with Crippen molar-refractivity contribution in [2.24, 2.45) is 0 Å². The number of halogens is 3. The number of amides is 1. The van der Waals surface area contributed by atoms with Crippen molar-refractivity contribution in [3.05, 3.63) is 84.3 Å². The number of nitrogens with zero attached hydrogens (tertiary/aromatic N) is 9. The Kier molecular flexibility index (Phi) is 11.2. The average Bonchev–Trinajstić information content (AvgIpc) is 3.92. The summed E-state index contributed by atoms with van der Waals surface area (Å²) in [6.45, 7) is 6.16. The second-order valence-corrected chi connectivity index (χ2v) is 14.6. The zero-order chi connectivity index (χ0) is 40.5. The number of morpholine rings is 1. The third-order valence-electron chi connectivity index (χ3n) is 10.7. The van der Waals surface area contributed by atoms with Crippen LogP contribution in [0.25, 0.3) is 39.0 Å². The highest BCUT2D eigenvalue weighted by Crippen LogP contribution is 2.35. The van der Waals surface area contributed by atoms with Gasteiger partial charge in [0, 0.05) is 66.1 Å². The molecule has 7 heterocycles. The molecule has 0 radical (unpaired) electrons. The third-order valence-corrected chi connectivity index (χ3v) is 10.7. The number of carbonyl (C=O) groups excluding carboxylic acids is 1. The Morgan fingerprint density at radius 1 is 1.02 bits per heavy atom. The van der Waals surface area contributed by atoms with Crippen molar-refractivity contribution in [2.45, 2.75) is 44.1 Å². The molecule has 306 valence electrons. The lowest BCUT2D eigenvalue weighted by molar-refractivity contribution is -0.132. The number of methoxy groups -OCH3 is 2. The second-order valence-electron chi connectivity index (χ2n) is 14.6. The van der Waals surface area contributed by atoms with Crippen molar-refractivity contribution in [2.75, 3.05) is 70.9 Å². The standard InChI is InChI=1S/C34H31F3N10O2.C6H13NO2.H2/c1-18-41-27-11-20(36)9-23-26-5-4-6-30(43-26)42-21-12-29(34(48)44(2)15-22(49-3)16-45(18)31(23)27)46(14-21)32-24-13-40-47(33(24)39-17-38-32)28-8-7-19(35)10-25(28)37;1-8-4-6-5-9-3-2-7-6;/h4-11,13,17,21-22,29H,12,14-16H2,1-3H3,(H,42,43);6-7H,2-5H2,1H3;1H/t21-,22-,29-;6-;/m01./s1. The topological polar surface area (TPSA) is 150 Å². The first-order valence-corrected chi connectivity index (χ1v) is 19.0. The molecule has 0 unspecified atom stereocenters. The van der Waals surface area contributed by atoms with Crippen molar-refractivity contribution in [1.82, 2.24) is 44.5 Å². The number of carbonyl (C=O) groups is 1. The van der Waals surface area contributed by atoms with E-state index in [0.29, 0.717) is 70.8 Å². The number of hydrogen-bond acceptors (Lipinski definition) is 12. The molecule has 6 aromatic rings. The number of fused-ring (bicyclic) bond motifs is 6. The van der Waals surface area contributed by atoms with Gasteiger partial charge in [-0.15, -0.1) is 0 Å². The highest BCUT2D eigenvalue weighted by atomic mass is 19.1. The summed E-state index contributed by atoms with van der Waals surface area (Å²) in [5.41, 5.74) is 2.73. The predicted molar refractivity (Wildman–Crippen MR) is 212 cm³/mol. The van der Waals surface area contributed by atoms with Crippen LogP contribution in [-0.4, -0.2) is 130 Å². The van der Waals surface area contributed by atoms with Crippen LogP contribution in [0.5, 0.6) is 0 Å². The molecule has 0 saturated carbocycles. The number of benzene rings is 2. The Balaban J connectivity index is 0.000000470. The number of pyridine rings is 1. The van der Waals surface area contributed by atoms with Gasteiger partial charge in [0.1, 0.15) is 47.2 Å². The maximum absolute atomic E-state index is 14.9. The van der Waals surface area contributed by atoms with Crippen molar-refractivity contribution in [1.29, 1.82) is 0 Å². The Bertz CT molecular complexity index is 2440. The summed E-state index contributed by atoms with van der Waals surface area (Å²) >= 11 is 0. The van der Waals surface area contributed by atoms with Gasteiger partial charge in [0.05, 0.1) is 66.8 Å². The zero-order valence-electron chi connectivity index (χ0n) is 32.5. The van der Waals surface area contributed by atoms with E-state index in [1.807, 2.05) is 34.6 Å². The van der Waals surface area contributed by atoms with E-state index in [2.05, 4.69) is 30.7 Å². The van der Waals surface area contributed by atoms with Crippen LogP contribution in [-0.2, 0) is 25.5 Å². The van der Waals surface area contributed by atoms with Gasteiger partial charge in [-0.3, -0.25) is 4.79 Å². The molecule has 2 N–H and O–H groups in total. The van der Waals surface area contributed by atoms with Crippen molar-refractivity contribution in [3.8, 4) is 16.9 Å². The molecule has 4 atom stereocenters. The molecule has 3 aliphatic rings. The minimum Gasteiger partial charge on any atom is -0.383 e. The summed E-state index contributed by atoms with van der Waals surface area (Å²) in [4.78, 5) is 36.3. The first kappa shape index (κ1) is 39.2. The molecule has 0 spiro atoms. The van der Waals surface area contributed by atoms with Crippen LogP contribution < -0.4 is 15.5 Å². The van der Waals surface area contributed by atoms with E-state index in [0.717, 1.165) is 44.0 Å². The zero-order valence-corrected chi connectivity index (χ0v) is 32.5. The Morgan fingerprint density at radius 2 is 1.88 bits per heavy atom. The molecule has 18 heteroatoms. The van der Waals surface area contributed by atoms with E-state index in [4.69, 9.17) is 19.2 Å². The normalized spacial score (nSPS) is 21.1. The molecule has 1 amide bonds. The number of imidazole rings is 1. The van der Waals surface area contributed by atoms with E-state index in [1.165, 1.54) is 35.4 Å². The Labute approximate surface area is 333 Å². The van der Waals surface area contributed by atoms with Crippen LogP contribution in [0.4, 0.5) is 24.8 Å². The number of likely N-dealkylation sites (N-methyl/N-ethyl adjacent to an activating group) is 1. The number of anilines is 2. The maximum atomic E-state index is 14.9. The lowest BCUT2D eigenvalue weighted by atomic mass is 10.1. The number of hydrogen-bond donors (Lipinski definition) is 2. The van der Waals surface area contributed by atoms with Gasteiger partial charge >= 0.3 is 0 Å². The van der Waals surface area contributed by atoms with Crippen LogP contribution in [0.2, 0.25) is 0 Å². The van der Waals surface area contributed by atoms with Gasteiger partial charge in [0.2, 0.25) is 5.91 Å². The Morgan fingerprint density at radius 3 is 2.66 bits per heavy atom. The van der Waals surface area contributed by atoms with Crippen molar-refractivity contribution in [3.63, 3.8) is 0 Å². The van der Waals surface area contributed by atoms with Crippen LogP contribution in [0, 0.1) is 24.4 Å². The number of ether oxygens (including phenoxy) is 3. The molecular weight excluding hydrogens is 756 g/mol. The Hall–Kier alpha value is -5.69. The van der Waals surface area contributed by atoms with Crippen LogP contribution in [0.1, 0.15) is 13.7 Å². The number of aryl methyl sites for hydroxylation is 1. The van der Waals surface area contributed by atoms with Crippen LogP contribution >= 0.6 is 0 Å². The molecule has 2 aromatic carbocycles. The molecule has 58 heavy (non-hydrogen) atoms. The van der Waals surface area contributed by atoms with Gasteiger partial charge < -0.3 is 39.2 Å². The van der Waals surface area contributed by atoms with Gasteiger partial charge in [-0.25, -0.2) is 37.8 Å². The molecule has 3 aliphatic heterocycles. The highest BCUT2D eigenvalue weighted by Gasteiger charge is 2.41. The summed E-state index contributed by atoms with van der Waals surface area (Å²) in [6.07, 6.45) is 2.84. The molecule has 2 saturated heterocycles. The maximum Gasteiger partial charge on any atom is 0.245 e. The lowest BCUT2D eigenvalue weighted by Crippen LogP contribution is -2.47. The quantitative estimate of drug-likeness (QED) is 0.255. The summed E-state index contributed by atoms with van der Waals surface area (Å²) in [7, 11) is 5.04. The van der Waals surface area contributed by atoms with Crippen molar-refractivity contribution >= 4 is 39.6 Å². The highest BCUT2D eigenvalue weighted by molar-refractivity contribution is 5.93. The van der Waals surface area contributed by atoms with E-state index in [9.17, 15) is 18.0 Å². The minimum absolute atomic E-state index is 0. The average molecular weight is 802 g/mol. The largest absolute Gasteiger partial charge is 0.383 e. The van der Waals surface area contributed by atoms with Crippen LogP contribution in [0.15, 0.2) is 61.1 Å². The molecule has 15 nitrogen and oxygen atoms in total. The third kappa shape index (κ3) is 7.79. The van der Waals surface area contributed by atoms with E-state index < -0.39 is 29.6 Å². The monoisotopic (exact) mass is 801 g/mol. The van der Waals surface area contributed by atoms with Crippen LogP contribution in [0.3, 0.4) is 0 Å². The van der Waals surface area contributed by atoms with Gasteiger partial charge in [-0.1, -0.05) is 6.07 Å². The fourth-order valence-corrected chi connectivity index (χ4v) is 7.93. The first-order valence-electron chi connectivity index (χ1n) is 19.0. The fourth-order valence-electron chi connectivity index (χ4n) is 7.93. The lowest BCUT2D eigenvalue weighted by Gasteiger charge is -2.30. The summed E-state index contributed by atoms with van der Waals surface area (Å²) in [6, 6.07) is 11.1. The van der Waals surface area contributed by atoms with Crippen molar-refractivity contribution < 1.29 is 33.6 Å². The van der Waals surface area contributed by atoms with Gasteiger partial charge in [0.15, 0.2) is 11.5 Å². The predicted octanol–water partition coefficient (Wildman–Crippen LogP) is 4.37.